The average Bonchev–Trinajstić information content (AvgIpc) is 2.35. The molecule has 0 aliphatic carbocycles. The molecule has 6 nitrogen and oxygen atoms in total. The summed E-state index contributed by atoms with van der Waals surface area (Å²) >= 11 is 5.67. The summed E-state index contributed by atoms with van der Waals surface area (Å²) in [5.41, 5.74) is 1.97. The first kappa shape index (κ1) is 14.9. The zero-order valence-corrected chi connectivity index (χ0v) is 11.1. The number of nitrogens with two attached hydrogens (primary N) is 1. The van der Waals surface area contributed by atoms with Gasteiger partial charge in [-0.1, -0.05) is 11.6 Å². The van der Waals surface area contributed by atoms with Gasteiger partial charge in [-0.05, 0) is 30.7 Å². The fourth-order valence-electron chi connectivity index (χ4n) is 1.22. The molecule has 100 valence electrons. The van der Waals surface area contributed by atoms with E-state index >= 15 is 0 Å². The number of halogens is 1. The third kappa shape index (κ3) is 4.61. The van der Waals surface area contributed by atoms with Crippen molar-refractivity contribution in [2.45, 2.75) is 17.7 Å². The van der Waals surface area contributed by atoms with Gasteiger partial charge in [-0.2, -0.15) is 0 Å². The van der Waals surface area contributed by atoms with Crippen molar-refractivity contribution in [1.29, 1.82) is 0 Å². The first-order valence-corrected chi connectivity index (χ1v) is 7.06. The molecular weight excluding hydrogens is 278 g/mol. The zero-order chi connectivity index (χ0) is 13.6. The molecule has 0 radical (unpaired) electrons. The number of hydrogen-bond donors (Lipinski definition) is 3. The Hall–Kier alpha value is -1.15. The normalized spacial score (nSPS) is 11.2. The van der Waals surface area contributed by atoms with Crippen molar-refractivity contribution >= 4 is 27.5 Å². The van der Waals surface area contributed by atoms with E-state index in [2.05, 4.69) is 4.72 Å². The van der Waals surface area contributed by atoms with Crippen molar-refractivity contribution in [3.05, 3.63) is 29.3 Å². The number of hydrogen-bond acceptors (Lipinski definition) is 4. The van der Waals surface area contributed by atoms with Crippen molar-refractivity contribution in [1.82, 2.24) is 10.1 Å². The fourth-order valence-corrected chi connectivity index (χ4v) is 2.42. The molecule has 0 aliphatic rings. The minimum atomic E-state index is -3.55. The van der Waals surface area contributed by atoms with Gasteiger partial charge < -0.3 is 0 Å². The van der Waals surface area contributed by atoms with Crippen LogP contribution < -0.4 is 16.0 Å². The summed E-state index contributed by atoms with van der Waals surface area (Å²) in [5.74, 6) is 4.56. The van der Waals surface area contributed by atoms with Gasteiger partial charge in [0, 0.05) is 18.0 Å². The van der Waals surface area contributed by atoms with Crippen molar-refractivity contribution in [2.75, 3.05) is 6.54 Å². The standard InChI is InChI=1S/C10H14ClN3O3S/c11-8-3-5-9(6-4-8)18(16,17)13-7-1-2-10(15)14-12/h3-6,13H,1-2,7,12H2,(H,14,15). The Morgan fingerprint density at radius 3 is 2.44 bits per heavy atom. The Morgan fingerprint density at radius 1 is 1.28 bits per heavy atom. The molecule has 18 heavy (non-hydrogen) atoms. The molecule has 0 aliphatic heterocycles. The summed E-state index contributed by atoms with van der Waals surface area (Å²) < 4.78 is 25.9. The molecule has 0 spiro atoms. The largest absolute Gasteiger partial charge is 0.294 e. The van der Waals surface area contributed by atoms with Gasteiger partial charge in [-0.25, -0.2) is 19.0 Å². The lowest BCUT2D eigenvalue weighted by Crippen LogP contribution is -2.31. The summed E-state index contributed by atoms with van der Waals surface area (Å²) in [7, 11) is -3.55. The molecule has 1 rings (SSSR count). The predicted octanol–water partition coefficient (Wildman–Crippen LogP) is 0.388. The van der Waals surface area contributed by atoms with Crippen LogP contribution in [-0.2, 0) is 14.8 Å². The SMILES string of the molecule is NNC(=O)CCCNS(=O)(=O)c1ccc(Cl)cc1. The summed E-state index contributed by atoms with van der Waals surface area (Å²) in [6.07, 6.45) is 0.537. The Bertz CT molecular complexity index is 502. The molecule has 1 amide bonds. The fraction of sp³-hybridized carbons (Fsp3) is 0.300. The van der Waals surface area contributed by atoms with E-state index in [-0.39, 0.29) is 23.8 Å². The van der Waals surface area contributed by atoms with Gasteiger partial charge in [-0.15, -0.1) is 0 Å². The van der Waals surface area contributed by atoms with Crippen LogP contribution in [0.2, 0.25) is 5.02 Å². The quantitative estimate of drug-likeness (QED) is 0.305. The Balaban J connectivity index is 2.50. The topological polar surface area (TPSA) is 101 Å². The Morgan fingerprint density at radius 2 is 1.89 bits per heavy atom. The van der Waals surface area contributed by atoms with E-state index in [1.54, 1.807) is 0 Å². The molecule has 0 atom stereocenters. The van der Waals surface area contributed by atoms with Gasteiger partial charge in [0.05, 0.1) is 4.90 Å². The van der Waals surface area contributed by atoms with Crippen LogP contribution in [0, 0.1) is 0 Å². The first-order valence-electron chi connectivity index (χ1n) is 5.20. The van der Waals surface area contributed by atoms with Crippen LogP contribution in [0.25, 0.3) is 0 Å². The van der Waals surface area contributed by atoms with Gasteiger partial charge in [0.15, 0.2) is 0 Å². The summed E-state index contributed by atoms with van der Waals surface area (Å²) in [5, 5.41) is 0.466. The maximum absolute atomic E-state index is 11.8. The molecule has 0 aromatic heterocycles. The maximum Gasteiger partial charge on any atom is 0.240 e. The van der Waals surface area contributed by atoms with Crippen LogP contribution in [0.5, 0.6) is 0 Å². The summed E-state index contributed by atoms with van der Waals surface area (Å²) in [4.78, 5) is 11.0. The monoisotopic (exact) mass is 291 g/mol. The number of sulfonamides is 1. The van der Waals surface area contributed by atoms with Gasteiger partial charge >= 0.3 is 0 Å². The number of carbonyl (C=O) groups is 1. The van der Waals surface area contributed by atoms with E-state index < -0.39 is 10.0 Å². The van der Waals surface area contributed by atoms with Crippen LogP contribution in [0.4, 0.5) is 0 Å². The van der Waals surface area contributed by atoms with Crippen molar-refractivity contribution in [3.63, 3.8) is 0 Å². The lowest BCUT2D eigenvalue weighted by atomic mass is 10.3. The van der Waals surface area contributed by atoms with Gasteiger partial charge in [0.2, 0.25) is 15.9 Å². The van der Waals surface area contributed by atoms with Gasteiger partial charge in [0.25, 0.3) is 0 Å². The van der Waals surface area contributed by atoms with Crippen LogP contribution >= 0.6 is 11.6 Å². The van der Waals surface area contributed by atoms with Crippen LogP contribution in [-0.4, -0.2) is 20.9 Å². The highest BCUT2D eigenvalue weighted by Gasteiger charge is 2.12. The number of rotatable bonds is 6. The lowest BCUT2D eigenvalue weighted by molar-refractivity contribution is -0.121. The molecule has 0 saturated carbocycles. The van der Waals surface area contributed by atoms with Crippen molar-refractivity contribution in [2.24, 2.45) is 5.84 Å². The second-order valence-corrected chi connectivity index (χ2v) is 5.73. The smallest absolute Gasteiger partial charge is 0.240 e. The molecule has 1 aromatic rings. The predicted molar refractivity (Wildman–Crippen MR) is 68.2 cm³/mol. The van der Waals surface area contributed by atoms with Crippen LogP contribution in [0.3, 0.4) is 0 Å². The number of amides is 1. The molecule has 8 heteroatoms. The van der Waals surface area contributed by atoms with E-state index in [1.165, 1.54) is 24.3 Å². The van der Waals surface area contributed by atoms with Gasteiger partial charge in [0.1, 0.15) is 0 Å². The van der Waals surface area contributed by atoms with E-state index in [1.807, 2.05) is 5.43 Å². The number of benzene rings is 1. The average molecular weight is 292 g/mol. The molecule has 0 bridgehead atoms. The molecule has 1 aromatic carbocycles. The van der Waals surface area contributed by atoms with E-state index in [4.69, 9.17) is 17.4 Å². The van der Waals surface area contributed by atoms with Gasteiger partial charge in [-0.3, -0.25) is 10.2 Å². The molecule has 0 fully saturated rings. The van der Waals surface area contributed by atoms with Crippen molar-refractivity contribution < 1.29 is 13.2 Å². The molecular formula is C10H14ClN3O3S. The molecule has 0 saturated heterocycles. The van der Waals surface area contributed by atoms with Crippen molar-refractivity contribution in [3.8, 4) is 0 Å². The Labute approximate surface area is 111 Å². The van der Waals surface area contributed by atoms with E-state index in [0.29, 0.717) is 11.4 Å². The molecule has 0 heterocycles. The Kier molecular flexibility index (Phi) is 5.54. The highest BCUT2D eigenvalue weighted by molar-refractivity contribution is 7.89. The minimum absolute atomic E-state index is 0.134. The maximum atomic E-state index is 11.8. The van der Waals surface area contributed by atoms with E-state index in [0.717, 1.165) is 0 Å². The third-order valence-corrected chi connectivity index (χ3v) is 3.89. The number of carbonyl (C=O) groups excluding carboxylic acids is 1. The summed E-state index contributed by atoms with van der Waals surface area (Å²) in [6.45, 7) is 0.165. The minimum Gasteiger partial charge on any atom is -0.294 e. The second kappa shape index (κ2) is 6.69. The first-order chi connectivity index (χ1) is 8.45. The summed E-state index contributed by atoms with van der Waals surface area (Å²) in [6, 6.07) is 5.82. The number of nitrogens with one attached hydrogen (secondary N) is 2. The molecule has 0 unspecified atom stereocenters. The zero-order valence-electron chi connectivity index (χ0n) is 9.52. The lowest BCUT2D eigenvalue weighted by Gasteiger charge is -2.06. The third-order valence-electron chi connectivity index (χ3n) is 2.16. The highest BCUT2D eigenvalue weighted by atomic mass is 35.5. The highest BCUT2D eigenvalue weighted by Crippen LogP contribution is 2.13. The van der Waals surface area contributed by atoms with Crippen LogP contribution in [0.15, 0.2) is 29.2 Å². The van der Waals surface area contributed by atoms with E-state index in [9.17, 15) is 13.2 Å². The molecule has 4 N–H and O–H groups in total. The van der Waals surface area contributed by atoms with Crippen LogP contribution in [0.1, 0.15) is 12.8 Å². The second-order valence-electron chi connectivity index (χ2n) is 3.52. The number of hydrazine groups is 1.